The predicted molar refractivity (Wildman–Crippen MR) is 81.1 cm³/mol. The zero-order chi connectivity index (χ0) is 14.7. The number of benzene rings is 1. The van der Waals surface area contributed by atoms with Crippen molar-refractivity contribution in [2.45, 2.75) is 13.3 Å². The highest BCUT2D eigenvalue weighted by molar-refractivity contribution is 7.10. The van der Waals surface area contributed by atoms with E-state index in [1.165, 1.54) is 0 Å². The van der Waals surface area contributed by atoms with Gasteiger partial charge in [-0.2, -0.15) is 0 Å². The molecule has 1 amide bonds. The molecule has 0 saturated carbocycles. The third kappa shape index (κ3) is 3.35. The molecule has 0 radical (unpaired) electrons. The van der Waals surface area contributed by atoms with Crippen LogP contribution in [0.3, 0.4) is 0 Å². The quantitative estimate of drug-likeness (QED) is 0.802. The van der Waals surface area contributed by atoms with Crippen LogP contribution in [0.2, 0.25) is 0 Å². The Balaban J connectivity index is 1.72. The molecule has 3 aromatic rings. The molecule has 2 heterocycles. The van der Waals surface area contributed by atoms with Crippen LogP contribution in [0.4, 0.5) is 5.69 Å². The number of hydrogen-bond acceptors (Lipinski definition) is 5. The Hall–Kier alpha value is -2.47. The molecule has 0 atom stereocenters. The smallest absolute Gasteiger partial charge is 0.247 e. The third-order valence-corrected chi connectivity index (χ3v) is 3.71. The number of aromatic nitrogens is 2. The van der Waals surface area contributed by atoms with Crippen LogP contribution in [0.5, 0.6) is 0 Å². The van der Waals surface area contributed by atoms with E-state index in [2.05, 4.69) is 15.5 Å². The molecule has 0 aliphatic heterocycles. The highest BCUT2D eigenvalue weighted by Gasteiger charge is 2.09. The fourth-order valence-electron chi connectivity index (χ4n) is 1.92. The SMILES string of the molecule is Cc1nnc(-c2cccc(NC(=O)Cc3cccs3)c2)o1. The van der Waals surface area contributed by atoms with E-state index in [0.29, 0.717) is 23.9 Å². The van der Waals surface area contributed by atoms with Crippen LogP contribution in [0.15, 0.2) is 46.2 Å². The van der Waals surface area contributed by atoms with Gasteiger partial charge in [0.15, 0.2) is 0 Å². The number of anilines is 1. The van der Waals surface area contributed by atoms with Crippen molar-refractivity contribution in [3.8, 4) is 11.5 Å². The van der Waals surface area contributed by atoms with E-state index in [0.717, 1.165) is 10.4 Å². The van der Waals surface area contributed by atoms with Gasteiger partial charge in [-0.15, -0.1) is 21.5 Å². The van der Waals surface area contributed by atoms with Crippen LogP contribution in [-0.4, -0.2) is 16.1 Å². The average molecular weight is 299 g/mol. The number of amides is 1. The van der Waals surface area contributed by atoms with E-state index in [1.54, 1.807) is 18.3 Å². The van der Waals surface area contributed by atoms with E-state index in [9.17, 15) is 4.79 Å². The van der Waals surface area contributed by atoms with Gasteiger partial charge >= 0.3 is 0 Å². The summed E-state index contributed by atoms with van der Waals surface area (Å²) in [4.78, 5) is 13.0. The maximum absolute atomic E-state index is 12.0. The molecule has 106 valence electrons. The van der Waals surface area contributed by atoms with Gasteiger partial charge in [0.1, 0.15) is 0 Å². The Morgan fingerprint density at radius 2 is 2.19 bits per heavy atom. The van der Waals surface area contributed by atoms with Gasteiger partial charge in [0.2, 0.25) is 17.7 Å². The molecule has 0 aliphatic rings. The summed E-state index contributed by atoms with van der Waals surface area (Å²) in [5.41, 5.74) is 1.49. The first-order valence-electron chi connectivity index (χ1n) is 6.43. The van der Waals surface area contributed by atoms with Gasteiger partial charge in [-0.05, 0) is 29.6 Å². The molecule has 3 rings (SSSR count). The van der Waals surface area contributed by atoms with Gasteiger partial charge < -0.3 is 9.73 Å². The largest absolute Gasteiger partial charge is 0.421 e. The maximum Gasteiger partial charge on any atom is 0.247 e. The highest BCUT2D eigenvalue weighted by Crippen LogP contribution is 2.21. The normalized spacial score (nSPS) is 10.5. The van der Waals surface area contributed by atoms with Crippen molar-refractivity contribution in [1.82, 2.24) is 10.2 Å². The molecular weight excluding hydrogens is 286 g/mol. The molecule has 1 aromatic carbocycles. The van der Waals surface area contributed by atoms with Crippen LogP contribution >= 0.6 is 11.3 Å². The van der Waals surface area contributed by atoms with Crippen molar-refractivity contribution in [2.75, 3.05) is 5.32 Å². The minimum atomic E-state index is -0.0451. The number of hydrogen-bond donors (Lipinski definition) is 1. The fraction of sp³-hybridized carbons (Fsp3) is 0.133. The van der Waals surface area contributed by atoms with Crippen molar-refractivity contribution in [1.29, 1.82) is 0 Å². The second-order valence-electron chi connectivity index (χ2n) is 4.51. The van der Waals surface area contributed by atoms with Gasteiger partial charge in [-0.1, -0.05) is 12.1 Å². The lowest BCUT2D eigenvalue weighted by Crippen LogP contribution is -2.13. The van der Waals surface area contributed by atoms with Gasteiger partial charge in [0.05, 0.1) is 6.42 Å². The van der Waals surface area contributed by atoms with Crippen molar-refractivity contribution in [2.24, 2.45) is 0 Å². The molecule has 2 aromatic heterocycles. The van der Waals surface area contributed by atoms with Crippen LogP contribution < -0.4 is 5.32 Å². The van der Waals surface area contributed by atoms with E-state index < -0.39 is 0 Å². The summed E-state index contributed by atoms with van der Waals surface area (Å²) < 4.78 is 5.38. The van der Waals surface area contributed by atoms with Crippen LogP contribution in [0, 0.1) is 6.92 Å². The Morgan fingerprint density at radius 1 is 1.29 bits per heavy atom. The summed E-state index contributed by atoms with van der Waals surface area (Å²) in [5.74, 6) is 0.912. The van der Waals surface area contributed by atoms with Crippen molar-refractivity contribution in [3.63, 3.8) is 0 Å². The Labute approximate surface area is 125 Å². The Bertz CT molecular complexity index is 750. The fourth-order valence-corrected chi connectivity index (χ4v) is 2.62. The number of thiophene rings is 1. The number of nitrogens with zero attached hydrogens (tertiary/aromatic N) is 2. The molecule has 6 heteroatoms. The summed E-state index contributed by atoms with van der Waals surface area (Å²) in [6, 6.07) is 11.2. The number of carbonyl (C=O) groups is 1. The average Bonchev–Trinajstić information content (AvgIpc) is 3.10. The summed E-state index contributed by atoms with van der Waals surface area (Å²) in [6.45, 7) is 1.74. The zero-order valence-corrected chi connectivity index (χ0v) is 12.2. The number of rotatable bonds is 4. The molecule has 0 fully saturated rings. The molecule has 0 unspecified atom stereocenters. The van der Waals surface area contributed by atoms with E-state index in [1.807, 2.05) is 41.8 Å². The monoisotopic (exact) mass is 299 g/mol. The number of aryl methyl sites for hydroxylation is 1. The Kier molecular flexibility index (Phi) is 3.79. The molecule has 0 spiro atoms. The van der Waals surface area contributed by atoms with Crippen molar-refractivity contribution < 1.29 is 9.21 Å². The lowest BCUT2D eigenvalue weighted by molar-refractivity contribution is -0.115. The van der Waals surface area contributed by atoms with E-state index >= 15 is 0 Å². The highest BCUT2D eigenvalue weighted by atomic mass is 32.1. The van der Waals surface area contributed by atoms with E-state index in [4.69, 9.17) is 4.42 Å². The van der Waals surface area contributed by atoms with Crippen LogP contribution in [0.1, 0.15) is 10.8 Å². The number of nitrogens with one attached hydrogen (secondary N) is 1. The molecule has 0 saturated heterocycles. The minimum absolute atomic E-state index is 0.0451. The summed E-state index contributed by atoms with van der Waals surface area (Å²) in [7, 11) is 0. The first kappa shape index (κ1) is 13.5. The first-order valence-corrected chi connectivity index (χ1v) is 7.31. The third-order valence-electron chi connectivity index (χ3n) is 2.83. The molecular formula is C15H13N3O2S. The molecule has 5 nitrogen and oxygen atoms in total. The van der Waals surface area contributed by atoms with Gasteiger partial charge in [-0.3, -0.25) is 4.79 Å². The molecule has 21 heavy (non-hydrogen) atoms. The minimum Gasteiger partial charge on any atom is -0.421 e. The second-order valence-corrected chi connectivity index (χ2v) is 5.54. The van der Waals surface area contributed by atoms with Gasteiger partial charge in [-0.25, -0.2) is 0 Å². The number of carbonyl (C=O) groups excluding carboxylic acids is 1. The summed E-state index contributed by atoms with van der Waals surface area (Å²) in [6.07, 6.45) is 0.377. The predicted octanol–water partition coefficient (Wildman–Crippen LogP) is 3.29. The van der Waals surface area contributed by atoms with Gasteiger partial charge in [0, 0.05) is 23.1 Å². The maximum atomic E-state index is 12.0. The zero-order valence-electron chi connectivity index (χ0n) is 11.4. The summed E-state index contributed by atoms with van der Waals surface area (Å²) >= 11 is 1.57. The second kappa shape index (κ2) is 5.88. The standard InChI is InChI=1S/C15H13N3O2S/c1-10-17-18-15(20-10)11-4-2-5-12(8-11)16-14(19)9-13-6-3-7-21-13/h2-8H,9H2,1H3,(H,16,19). The lowest BCUT2D eigenvalue weighted by Gasteiger charge is -2.05. The molecule has 0 aliphatic carbocycles. The molecule has 1 N–H and O–H groups in total. The lowest BCUT2D eigenvalue weighted by atomic mass is 10.2. The van der Waals surface area contributed by atoms with Gasteiger partial charge in [0.25, 0.3) is 0 Å². The molecule has 0 bridgehead atoms. The van der Waals surface area contributed by atoms with Crippen molar-refractivity contribution in [3.05, 3.63) is 52.5 Å². The van der Waals surface area contributed by atoms with Crippen LogP contribution in [-0.2, 0) is 11.2 Å². The van der Waals surface area contributed by atoms with E-state index in [-0.39, 0.29) is 5.91 Å². The first-order chi connectivity index (χ1) is 10.2. The van der Waals surface area contributed by atoms with Crippen molar-refractivity contribution >= 4 is 22.9 Å². The summed E-state index contributed by atoms with van der Waals surface area (Å²) in [5, 5.41) is 12.6. The Morgan fingerprint density at radius 3 is 2.90 bits per heavy atom. The topological polar surface area (TPSA) is 68.0 Å². The van der Waals surface area contributed by atoms with Crippen LogP contribution in [0.25, 0.3) is 11.5 Å².